The molecule has 33 heavy (non-hydrogen) atoms. The Morgan fingerprint density at radius 3 is 2.21 bits per heavy atom. The van der Waals surface area contributed by atoms with Crippen molar-refractivity contribution in [1.29, 1.82) is 0 Å². The monoisotopic (exact) mass is 527 g/mol. The summed E-state index contributed by atoms with van der Waals surface area (Å²) in [6.07, 6.45) is 2.89. The molecule has 1 rings (SSSR count). The molecule has 0 spiro atoms. The molecule has 4 atom stereocenters. The number of carbonyl (C=O) groups excluding carboxylic acids is 1. The average molecular weight is 528 g/mol. The van der Waals surface area contributed by atoms with Gasteiger partial charge in [0, 0.05) is 12.1 Å². The first-order valence-corrected chi connectivity index (χ1v) is 13.1. The number of hydrogen-bond acceptors (Lipinski definition) is 8. The predicted octanol–water partition coefficient (Wildman–Crippen LogP) is 4.56. The van der Waals surface area contributed by atoms with Gasteiger partial charge in [0.1, 0.15) is 6.10 Å². The molecule has 1 N–H and O–H groups in total. The second kappa shape index (κ2) is 14.7. The van der Waals surface area contributed by atoms with E-state index < -0.39 is 48.9 Å². The second-order valence-electron chi connectivity index (χ2n) is 7.48. The van der Waals surface area contributed by atoms with E-state index in [4.69, 9.17) is 32.1 Å². The van der Waals surface area contributed by atoms with Gasteiger partial charge in [-0.1, -0.05) is 45.4 Å². The standard InChI is InChI=1S/C21H31Cl2NO8S/c1-3-5-6-7-8-9-10-17(22)18(23)19(25)20(21(26)31-4-2)32-33(29,30)16-13-11-15(12-14-16)24(27)28/h11-14,17-20,25H,3-10H2,1-2H3/t17-,18+,19+,20-/m0/s1. The van der Waals surface area contributed by atoms with E-state index in [-0.39, 0.29) is 12.3 Å². The van der Waals surface area contributed by atoms with Crippen molar-refractivity contribution >= 4 is 45.0 Å². The Kier molecular flexibility index (Phi) is 13.2. The summed E-state index contributed by atoms with van der Waals surface area (Å²) in [6.45, 7) is 3.55. The minimum absolute atomic E-state index is 0.0853. The third-order valence-electron chi connectivity index (χ3n) is 4.90. The summed E-state index contributed by atoms with van der Waals surface area (Å²) in [6, 6.07) is 3.88. The summed E-state index contributed by atoms with van der Waals surface area (Å²) in [5, 5.41) is 19.5. The Balaban J connectivity index is 2.90. The molecule has 0 aliphatic carbocycles. The molecule has 12 heteroatoms. The van der Waals surface area contributed by atoms with Crippen LogP contribution in [0.4, 0.5) is 5.69 Å². The minimum atomic E-state index is -4.58. The summed E-state index contributed by atoms with van der Waals surface area (Å²) in [4.78, 5) is 22.0. The van der Waals surface area contributed by atoms with Gasteiger partial charge in [0.15, 0.2) is 0 Å². The number of aliphatic hydroxyl groups is 1. The molecule has 9 nitrogen and oxygen atoms in total. The highest BCUT2D eigenvalue weighted by atomic mass is 35.5. The third-order valence-corrected chi connectivity index (χ3v) is 7.39. The van der Waals surface area contributed by atoms with E-state index >= 15 is 0 Å². The number of aliphatic hydroxyl groups excluding tert-OH is 1. The van der Waals surface area contributed by atoms with Crippen molar-refractivity contribution in [2.75, 3.05) is 6.61 Å². The lowest BCUT2D eigenvalue weighted by Crippen LogP contribution is -2.46. The van der Waals surface area contributed by atoms with Crippen molar-refractivity contribution in [1.82, 2.24) is 0 Å². The molecule has 1 aromatic carbocycles. The van der Waals surface area contributed by atoms with E-state index in [0.717, 1.165) is 62.8 Å². The van der Waals surface area contributed by atoms with Crippen LogP contribution >= 0.6 is 23.2 Å². The molecular weight excluding hydrogens is 497 g/mol. The maximum Gasteiger partial charge on any atom is 0.339 e. The third kappa shape index (κ3) is 9.74. The van der Waals surface area contributed by atoms with Gasteiger partial charge in [-0.05, 0) is 25.5 Å². The Morgan fingerprint density at radius 2 is 1.67 bits per heavy atom. The van der Waals surface area contributed by atoms with E-state index in [9.17, 15) is 28.4 Å². The first kappa shape index (κ1) is 29.6. The van der Waals surface area contributed by atoms with Crippen LogP contribution in [0.1, 0.15) is 58.8 Å². The normalized spacial score (nSPS) is 15.4. The van der Waals surface area contributed by atoms with Crippen LogP contribution in [0.25, 0.3) is 0 Å². The number of halogens is 2. The van der Waals surface area contributed by atoms with Gasteiger partial charge in [-0.3, -0.25) is 10.1 Å². The van der Waals surface area contributed by atoms with Crippen LogP contribution in [0, 0.1) is 10.1 Å². The Labute approximate surface area is 204 Å². The van der Waals surface area contributed by atoms with Crippen molar-refractivity contribution in [3.8, 4) is 0 Å². The van der Waals surface area contributed by atoms with Crippen molar-refractivity contribution < 1.29 is 32.2 Å². The number of carbonyl (C=O) groups is 1. The summed E-state index contributed by atoms with van der Waals surface area (Å²) < 4.78 is 35.1. The minimum Gasteiger partial charge on any atom is -0.464 e. The number of nitrogens with zero attached hydrogens (tertiary/aromatic N) is 1. The molecule has 0 unspecified atom stereocenters. The van der Waals surface area contributed by atoms with E-state index in [0.29, 0.717) is 6.42 Å². The van der Waals surface area contributed by atoms with Gasteiger partial charge in [-0.25, -0.2) is 8.98 Å². The highest BCUT2D eigenvalue weighted by Gasteiger charge is 2.40. The van der Waals surface area contributed by atoms with Crippen molar-refractivity contribution in [2.45, 2.75) is 86.7 Å². The maximum absolute atomic E-state index is 12.6. The topological polar surface area (TPSA) is 133 Å². The number of alkyl halides is 2. The zero-order valence-corrected chi connectivity index (χ0v) is 21.0. The predicted molar refractivity (Wildman–Crippen MR) is 125 cm³/mol. The number of esters is 1. The average Bonchev–Trinajstić information content (AvgIpc) is 2.78. The van der Waals surface area contributed by atoms with E-state index in [1.54, 1.807) is 0 Å². The Hall–Kier alpha value is -1.46. The van der Waals surface area contributed by atoms with Gasteiger partial charge >= 0.3 is 5.97 Å². The zero-order valence-electron chi connectivity index (χ0n) is 18.7. The van der Waals surface area contributed by atoms with Gasteiger partial charge in [0.05, 0.1) is 27.2 Å². The summed E-state index contributed by atoms with van der Waals surface area (Å²) >= 11 is 12.6. The first-order valence-electron chi connectivity index (χ1n) is 10.9. The van der Waals surface area contributed by atoms with Gasteiger partial charge in [0.25, 0.3) is 15.8 Å². The highest BCUT2D eigenvalue weighted by molar-refractivity contribution is 7.86. The smallest absolute Gasteiger partial charge is 0.339 e. The highest BCUT2D eigenvalue weighted by Crippen LogP contribution is 2.26. The molecule has 0 aliphatic heterocycles. The van der Waals surface area contributed by atoms with Crippen LogP contribution < -0.4 is 0 Å². The van der Waals surface area contributed by atoms with Crippen molar-refractivity contribution in [3.05, 3.63) is 34.4 Å². The molecule has 0 bridgehead atoms. The lowest BCUT2D eigenvalue weighted by atomic mass is 10.0. The molecule has 1 aromatic rings. The van der Waals surface area contributed by atoms with Crippen LogP contribution in [0.2, 0.25) is 0 Å². The van der Waals surface area contributed by atoms with E-state index in [1.165, 1.54) is 6.92 Å². The summed E-state index contributed by atoms with van der Waals surface area (Å²) in [7, 11) is -4.58. The number of nitro benzene ring substituents is 1. The molecule has 0 amide bonds. The summed E-state index contributed by atoms with van der Waals surface area (Å²) in [5.74, 6) is -1.12. The summed E-state index contributed by atoms with van der Waals surface area (Å²) in [5.41, 5.74) is -0.323. The fourth-order valence-corrected chi connectivity index (χ4v) is 4.65. The number of rotatable bonds is 16. The molecule has 0 aliphatic rings. The molecular formula is C21H31Cl2NO8S. The number of hydrogen-bond donors (Lipinski definition) is 1. The van der Waals surface area contributed by atoms with Gasteiger partial charge in [0.2, 0.25) is 6.10 Å². The molecule has 0 saturated carbocycles. The largest absolute Gasteiger partial charge is 0.464 e. The second-order valence-corrected chi connectivity index (χ2v) is 10.1. The lowest BCUT2D eigenvalue weighted by molar-refractivity contribution is -0.384. The first-order chi connectivity index (χ1) is 15.5. The zero-order chi connectivity index (χ0) is 25.0. The molecule has 0 aromatic heterocycles. The van der Waals surface area contributed by atoms with E-state index in [2.05, 4.69) is 6.92 Å². The fourth-order valence-electron chi connectivity index (χ4n) is 3.05. The van der Waals surface area contributed by atoms with Crippen LogP contribution in [-0.2, 0) is 23.8 Å². The molecule has 0 saturated heterocycles. The van der Waals surface area contributed by atoms with E-state index in [1.807, 2.05) is 0 Å². The van der Waals surface area contributed by atoms with Gasteiger partial charge in [-0.15, -0.1) is 23.2 Å². The van der Waals surface area contributed by atoms with Crippen LogP contribution in [0.5, 0.6) is 0 Å². The van der Waals surface area contributed by atoms with Crippen LogP contribution in [0.3, 0.4) is 0 Å². The fraction of sp³-hybridized carbons (Fsp3) is 0.667. The van der Waals surface area contributed by atoms with Crippen molar-refractivity contribution in [2.24, 2.45) is 0 Å². The number of non-ortho nitro benzene ring substituents is 1. The Bertz CT molecular complexity index is 850. The number of nitro groups is 1. The Morgan fingerprint density at radius 1 is 1.09 bits per heavy atom. The lowest BCUT2D eigenvalue weighted by Gasteiger charge is -2.27. The van der Waals surface area contributed by atoms with Gasteiger partial charge in [-0.2, -0.15) is 8.42 Å². The molecule has 0 heterocycles. The molecule has 188 valence electrons. The molecule has 0 radical (unpaired) electrons. The quantitative estimate of drug-likeness (QED) is 0.0825. The SMILES string of the molecule is CCCCCCCC[C@H](Cl)[C@@H](Cl)[C@@H](O)[C@H](OS(=O)(=O)c1ccc([N+](=O)[O-])cc1)C(=O)OCC. The molecule has 0 fully saturated rings. The van der Waals surface area contributed by atoms with Crippen LogP contribution in [0.15, 0.2) is 29.2 Å². The van der Waals surface area contributed by atoms with Gasteiger partial charge < -0.3 is 9.84 Å². The van der Waals surface area contributed by atoms with Crippen LogP contribution in [-0.4, -0.2) is 54.0 Å². The number of benzene rings is 1. The number of ether oxygens (including phenoxy) is 1. The number of unbranched alkanes of at least 4 members (excludes halogenated alkanes) is 5. The van der Waals surface area contributed by atoms with Crippen molar-refractivity contribution in [3.63, 3.8) is 0 Å². The maximum atomic E-state index is 12.6.